The molecule has 1 aromatic heterocycles. The summed E-state index contributed by atoms with van der Waals surface area (Å²) < 4.78 is 40.5. The highest BCUT2D eigenvalue weighted by atomic mass is 79.9. The van der Waals surface area contributed by atoms with Crippen molar-refractivity contribution in [2.45, 2.75) is 6.18 Å². The minimum atomic E-state index is -4.37. The summed E-state index contributed by atoms with van der Waals surface area (Å²) in [5.41, 5.74) is -0.110. The van der Waals surface area contributed by atoms with Gasteiger partial charge in [-0.2, -0.15) is 13.2 Å². The molecule has 0 aliphatic carbocycles. The molecule has 2 rings (SSSR count). The van der Waals surface area contributed by atoms with Gasteiger partial charge >= 0.3 is 6.18 Å². The second-order valence-electron chi connectivity index (χ2n) is 3.51. The minimum Gasteiger partial charge on any atom is -0.322 e. The molecule has 0 spiro atoms. The summed E-state index contributed by atoms with van der Waals surface area (Å²) in [6.07, 6.45) is -2.96. The SMILES string of the molecule is Cn1c(-c2ccccc2C(F)(F)F)cnc1Br. The van der Waals surface area contributed by atoms with E-state index in [-0.39, 0.29) is 5.56 Å². The van der Waals surface area contributed by atoms with E-state index in [9.17, 15) is 13.2 Å². The van der Waals surface area contributed by atoms with Crippen LogP contribution in [0.5, 0.6) is 0 Å². The molecule has 2 nitrogen and oxygen atoms in total. The summed E-state index contributed by atoms with van der Waals surface area (Å²) >= 11 is 3.16. The van der Waals surface area contributed by atoms with Crippen LogP contribution in [-0.2, 0) is 13.2 Å². The van der Waals surface area contributed by atoms with E-state index in [4.69, 9.17) is 0 Å². The van der Waals surface area contributed by atoms with E-state index in [2.05, 4.69) is 20.9 Å². The van der Waals surface area contributed by atoms with Crippen LogP contribution in [0.15, 0.2) is 35.2 Å². The van der Waals surface area contributed by atoms with E-state index in [1.165, 1.54) is 18.3 Å². The number of hydrogen-bond acceptors (Lipinski definition) is 1. The molecule has 6 heteroatoms. The van der Waals surface area contributed by atoms with Crippen molar-refractivity contribution < 1.29 is 13.2 Å². The van der Waals surface area contributed by atoms with Gasteiger partial charge in [0, 0.05) is 12.6 Å². The van der Waals surface area contributed by atoms with Crippen molar-refractivity contribution in [3.63, 3.8) is 0 Å². The van der Waals surface area contributed by atoms with Crippen LogP contribution in [0.3, 0.4) is 0 Å². The van der Waals surface area contributed by atoms with Crippen molar-refractivity contribution in [1.29, 1.82) is 0 Å². The maximum Gasteiger partial charge on any atom is 0.417 e. The molecule has 2 aromatic rings. The number of benzene rings is 1. The fraction of sp³-hybridized carbons (Fsp3) is 0.182. The summed E-state index contributed by atoms with van der Waals surface area (Å²) in [6, 6.07) is 5.45. The zero-order valence-electron chi connectivity index (χ0n) is 8.79. The highest BCUT2D eigenvalue weighted by Gasteiger charge is 2.33. The highest BCUT2D eigenvalue weighted by molar-refractivity contribution is 9.10. The second-order valence-corrected chi connectivity index (χ2v) is 4.22. The molecule has 0 unspecified atom stereocenters. The summed E-state index contributed by atoms with van der Waals surface area (Å²) in [5.74, 6) is 0. The summed E-state index contributed by atoms with van der Waals surface area (Å²) in [7, 11) is 1.65. The first kappa shape index (κ1) is 12.2. The third kappa shape index (κ3) is 2.22. The molecular formula is C11H8BrF3N2. The number of alkyl halides is 3. The molecule has 1 heterocycles. The van der Waals surface area contributed by atoms with Gasteiger partial charge in [0.15, 0.2) is 4.73 Å². The van der Waals surface area contributed by atoms with Crippen LogP contribution in [0.25, 0.3) is 11.3 Å². The van der Waals surface area contributed by atoms with E-state index in [0.29, 0.717) is 10.4 Å². The first-order chi connectivity index (χ1) is 7.91. The monoisotopic (exact) mass is 304 g/mol. The van der Waals surface area contributed by atoms with E-state index in [0.717, 1.165) is 6.07 Å². The van der Waals surface area contributed by atoms with Gasteiger partial charge in [0.1, 0.15) is 0 Å². The molecule has 90 valence electrons. The lowest BCUT2D eigenvalue weighted by Crippen LogP contribution is -2.08. The second kappa shape index (κ2) is 4.18. The fourth-order valence-corrected chi connectivity index (χ4v) is 1.88. The van der Waals surface area contributed by atoms with Crippen molar-refractivity contribution in [3.8, 4) is 11.3 Å². The Morgan fingerprint density at radius 2 is 1.88 bits per heavy atom. The zero-order chi connectivity index (χ0) is 12.6. The van der Waals surface area contributed by atoms with Crippen molar-refractivity contribution in [1.82, 2.24) is 9.55 Å². The van der Waals surface area contributed by atoms with Crippen molar-refractivity contribution in [2.24, 2.45) is 7.05 Å². The van der Waals surface area contributed by atoms with E-state index >= 15 is 0 Å². The topological polar surface area (TPSA) is 17.8 Å². The van der Waals surface area contributed by atoms with Crippen molar-refractivity contribution in [2.75, 3.05) is 0 Å². The van der Waals surface area contributed by atoms with Crippen LogP contribution >= 0.6 is 15.9 Å². The first-order valence-corrected chi connectivity index (χ1v) is 5.54. The van der Waals surface area contributed by atoms with Crippen LogP contribution in [0, 0.1) is 0 Å². The van der Waals surface area contributed by atoms with Gasteiger partial charge in [-0.25, -0.2) is 4.98 Å². The number of nitrogens with zero attached hydrogens (tertiary/aromatic N) is 2. The van der Waals surface area contributed by atoms with Crippen molar-refractivity contribution >= 4 is 15.9 Å². The van der Waals surface area contributed by atoms with Gasteiger partial charge in [0.05, 0.1) is 17.5 Å². The van der Waals surface area contributed by atoms with Crippen LogP contribution in [-0.4, -0.2) is 9.55 Å². The molecule has 0 radical (unpaired) electrons. The zero-order valence-corrected chi connectivity index (χ0v) is 10.4. The number of imidazole rings is 1. The van der Waals surface area contributed by atoms with Crippen LogP contribution in [0.4, 0.5) is 13.2 Å². The standard InChI is InChI=1S/C11H8BrF3N2/c1-17-9(6-16-10(17)12)7-4-2-3-5-8(7)11(13,14)15/h2-6H,1H3. The van der Waals surface area contributed by atoms with Gasteiger partial charge in [-0.15, -0.1) is 0 Å². The Morgan fingerprint density at radius 1 is 1.24 bits per heavy atom. The molecule has 0 N–H and O–H groups in total. The molecule has 0 fully saturated rings. The van der Waals surface area contributed by atoms with Crippen LogP contribution < -0.4 is 0 Å². The molecule has 0 bridgehead atoms. The number of halogens is 4. The molecule has 0 saturated heterocycles. The van der Waals surface area contributed by atoms with Gasteiger partial charge in [-0.3, -0.25) is 0 Å². The molecule has 1 aromatic carbocycles. The predicted molar refractivity (Wildman–Crippen MR) is 61.3 cm³/mol. The van der Waals surface area contributed by atoms with Gasteiger partial charge in [-0.1, -0.05) is 18.2 Å². The lowest BCUT2D eigenvalue weighted by molar-refractivity contribution is -0.137. The fourth-order valence-electron chi connectivity index (χ4n) is 1.59. The van der Waals surface area contributed by atoms with Crippen LogP contribution in [0.1, 0.15) is 5.56 Å². The third-order valence-electron chi connectivity index (χ3n) is 2.44. The molecule has 0 saturated carbocycles. The maximum absolute atomic E-state index is 12.8. The smallest absolute Gasteiger partial charge is 0.322 e. The Bertz CT molecular complexity index is 546. The van der Waals surface area contributed by atoms with Crippen LogP contribution in [0.2, 0.25) is 0 Å². The number of hydrogen-bond donors (Lipinski definition) is 0. The van der Waals surface area contributed by atoms with E-state index < -0.39 is 11.7 Å². The molecule has 0 aliphatic heterocycles. The number of rotatable bonds is 1. The first-order valence-electron chi connectivity index (χ1n) is 4.75. The average molecular weight is 305 g/mol. The molecule has 0 amide bonds. The van der Waals surface area contributed by atoms with Gasteiger partial charge in [0.2, 0.25) is 0 Å². The third-order valence-corrected chi connectivity index (χ3v) is 3.18. The average Bonchev–Trinajstić information content (AvgIpc) is 2.59. The Hall–Kier alpha value is -1.30. The Labute approximate surface area is 104 Å². The highest BCUT2D eigenvalue weighted by Crippen LogP contribution is 2.37. The maximum atomic E-state index is 12.8. The molecule has 17 heavy (non-hydrogen) atoms. The van der Waals surface area contributed by atoms with E-state index in [1.54, 1.807) is 17.7 Å². The summed E-state index contributed by atoms with van der Waals surface area (Å²) in [4.78, 5) is 3.93. The Balaban J connectivity index is 2.64. The lowest BCUT2D eigenvalue weighted by Gasteiger charge is -2.12. The summed E-state index contributed by atoms with van der Waals surface area (Å²) in [5, 5.41) is 0. The Kier molecular flexibility index (Phi) is 2.99. The largest absolute Gasteiger partial charge is 0.417 e. The quantitative estimate of drug-likeness (QED) is 0.782. The van der Waals surface area contributed by atoms with Gasteiger partial charge in [-0.05, 0) is 22.0 Å². The van der Waals surface area contributed by atoms with Crippen molar-refractivity contribution in [3.05, 3.63) is 40.8 Å². The molecule has 0 aliphatic rings. The Morgan fingerprint density at radius 3 is 2.41 bits per heavy atom. The lowest BCUT2D eigenvalue weighted by atomic mass is 10.0. The summed E-state index contributed by atoms with van der Waals surface area (Å²) in [6.45, 7) is 0. The number of aromatic nitrogens is 2. The normalized spacial score (nSPS) is 11.8. The molecular weight excluding hydrogens is 297 g/mol. The van der Waals surface area contributed by atoms with Gasteiger partial charge in [0.25, 0.3) is 0 Å². The minimum absolute atomic E-state index is 0.126. The predicted octanol–water partition coefficient (Wildman–Crippen LogP) is 3.87. The molecule has 0 atom stereocenters. The van der Waals surface area contributed by atoms with Gasteiger partial charge < -0.3 is 4.57 Å². The van der Waals surface area contributed by atoms with E-state index in [1.807, 2.05) is 0 Å².